The Morgan fingerprint density at radius 2 is 1.21 bits per heavy atom. The quantitative estimate of drug-likeness (QED) is 0.362. The summed E-state index contributed by atoms with van der Waals surface area (Å²) in [5.41, 5.74) is -1.69. The Kier molecular flexibility index (Phi) is 4.63. The van der Waals surface area contributed by atoms with Gasteiger partial charge in [-0.15, -0.1) is 0 Å². The highest BCUT2D eigenvalue weighted by atomic mass is 19.1. The molecule has 2 aromatic carbocycles. The number of rotatable bonds is 4. The molecular formula is C13H6F2N2O7. The van der Waals surface area contributed by atoms with Crippen molar-refractivity contribution in [1.29, 1.82) is 0 Å². The summed E-state index contributed by atoms with van der Waals surface area (Å²) in [6.07, 6.45) is -1.56. The minimum Gasteiger partial charge on any atom is -0.387 e. The van der Waals surface area contributed by atoms with Gasteiger partial charge in [-0.2, -0.15) is 0 Å². The zero-order valence-electron chi connectivity index (χ0n) is 11.5. The third-order valence-electron chi connectivity index (χ3n) is 2.62. The Labute approximate surface area is 131 Å². The predicted molar refractivity (Wildman–Crippen MR) is 72.8 cm³/mol. The maximum Gasteiger partial charge on any atom is 0.519 e. The zero-order valence-corrected chi connectivity index (χ0v) is 11.5. The third-order valence-corrected chi connectivity index (χ3v) is 2.62. The van der Waals surface area contributed by atoms with E-state index in [0.29, 0.717) is 12.1 Å². The molecule has 0 atom stereocenters. The van der Waals surface area contributed by atoms with Crippen LogP contribution in [0.5, 0.6) is 11.5 Å². The number of nitro benzene ring substituents is 2. The van der Waals surface area contributed by atoms with E-state index in [1.807, 2.05) is 0 Å². The number of benzene rings is 2. The largest absolute Gasteiger partial charge is 0.519 e. The molecule has 0 aliphatic heterocycles. The van der Waals surface area contributed by atoms with E-state index in [4.69, 9.17) is 0 Å². The van der Waals surface area contributed by atoms with Gasteiger partial charge in [0.05, 0.1) is 22.0 Å². The second-order valence-corrected chi connectivity index (χ2v) is 4.19. The van der Waals surface area contributed by atoms with Crippen LogP contribution in [0.4, 0.5) is 25.0 Å². The molecule has 11 heteroatoms. The number of nitrogens with zero attached hydrogens (tertiary/aromatic N) is 2. The fourth-order valence-electron chi connectivity index (χ4n) is 1.64. The van der Waals surface area contributed by atoms with Crippen LogP contribution in [-0.4, -0.2) is 16.0 Å². The lowest BCUT2D eigenvalue weighted by atomic mass is 10.3. The van der Waals surface area contributed by atoms with Crippen LogP contribution in [0.15, 0.2) is 36.4 Å². The molecular weight excluding hydrogens is 334 g/mol. The highest BCUT2D eigenvalue weighted by Gasteiger charge is 2.23. The van der Waals surface area contributed by atoms with Crippen molar-refractivity contribution >= 4 is 17.5 Å². The number of hydrogen-bond donors (Lipinski definition) is 0. The van der Waals surface area contributed by atoms with E-state index in [-0.39, 0.29) is 0 Å². The first-order chi connectivity index (χ1) is 11.3. The zero-order chi connectivity index (χ0) is 17.9. The molecule has 2 rings (SSSR count). The van der Waals surface area contributed by atoms with Gasteiger partial charge in [-0.3, -0.25) is 20.2 Å². The van der Waals surface area contributed by atoms with Crippen molar-refractivity contribution in [1.82, 2.24) is 0 Å². The van der Waals surface area contributed by atoms with Gasteiger partial charge in [0.2, 0.25) is 11.5 Å². The molecule has 0 bridgehead atoms. The van der Waals surface area contributed by atoms with E-state index in [1.54, 1.807) is 0 Å². The van der Waals surface area contributed by atoms with E-state index >= 15 is 0 Å². The first-order valence-electron chi connectivity index (χ1n) is 6.05. The Hall–Kier alpha value is -3.63. The van der Waals surface area contributed by atoms with Crippen LogP contribution < -0.4 is 9.47 Å². The van der Waals surface area contributed by atoms with Crippen LogP contribution in [-0.2, 0) is 0 Å². The van der Waals surface area contributed by atoms with Gasteiger partial charge in [0.25, 0.3) is 0 Å². The van der Waals surface area contributed by atoms with Gasteiger partial charge in [-0.1, -0.05) is 0 Å². The SMILES string of the molecule is O=C(Oc1ccc(F)cc1[N+](=O)[O-])Oc1ccc(F)cc1[N+](=O)[O-]. The van der Waals surface area contributed by atoms with Gasteiger partial charge in [-0.05, 0) is 24.3 Å². The molecule has 0 fully saturated rings. The van der Waals surface area contributed by atoms with Gasteiger partial charge < -0.3 is 9.47 Å². The minimum atomic E-state index is -1.56. The van der Waals surface area contributed by atoms with Crippen LogP contribution in [0.25, 0.3) is 0 Å². The highest BCUT2D eigenvalue weighted by Crippen LogP contribution is 2.30. The van der Waals surface area contributed by atoms with Gasteiger partial charge in [-0.25, -0.2) is 13.6 Å². The lowest BCUT2D eigenvalue weighted by molar-refractivity contribution is -0.386. The smallest absolute Gasteiger partial charge is 0.387 e. The summed E-state index contributed by atoms with van der Waals surface area (Å²) in [5.74, 6) is -3.12. The molecule has 0 radical (unpaired) electrons. The second-order valence-electron chi connectivity index (χ2n) is 4.19. The molecule has 0 saturated heterocycles. The van der Waals surface area contributed by atoms with Crippen molar-refractivity contribution in [2.24, 2.45) is 0 Å². The average molecular weight is 340 g/mol. The third kappa shape index (κ3) is 3.76. The fourth-order valence-corrected chi connectivity index (χ4v) is 1.64. The molecule has 0 heterocycles. The van der Waals surface area contributed by atoms with Gasteiger partial charge in [0, 0.05) is 0 Å². The van der Waals surface area contributed by atoms with Crippen molar-refractivity contribution in [2.75, 3.05) is 0 Å². The van der Waals surface area contributed by atoms with Crippen molar-refractivity contribution in [3.63, 3.8) is 0 Å². The summed E-state index contributed by atoms with van der Waals surface area (Å²) in [4.78, 5) is 31.2. The summed E-state index contributed by atoms with van der Waals surface area (Å²) in [5, 5.41) is 21.5. The lowest BCUT2D eigenvalue weighted by Crippen LogP contribution is -2.15. The topological polar surface area (TPSA) is 122 Å². The van der Waals surface area contributed by atoms with E-state index < -0.39 is 50.5 Å². The van der Waals surface area contributed by atoms with E-state index in [2.05, 4.69) is 9.47 Å². The summed E-state index contributed by atoms with van der Waals surface area (Å²) in [7, 11) is 0. The number of halogens is 2. The molecule has 2 aromatic rings. The fraction of sp³-hybridized carbons (Fsp3) is 0. The Morgan fingerprint density at radius 3 is 1.54 bits per heavy atom. The number of ether oxygens (including phenoxy) is 2. The number of hydrogen-bond acceptors (Lipinski definition) is 7. The molecule has 0 aliphatic carbocycles. The summed E-state index contributed by atoms with van der Waals surface area (Å²) in [6, 6.07) is 4.26. The molecule has 0 unspecified atom stereocenters. The predicted octanol–water partition coefficient (Wildman–Crippen LogP) is 3.36. The Bertz CT molecular complexity index is 774. The maximum atomic E-state index is 13.0. The molecule has 9 nitrogen and oxygen atoms in total. The molecule has 0 aliphatic rings. The van der Waals surface area contributed by atoms with E-state index in [9.17, 15) is 33.8 Å². The molecule has 24 heavy (non-hydrogen) atoms. The van der Waals surface area contributed by atoms with E-state index in [1.165, 1.54) is 0 Å². The first kappa shape index (κ1) is 16.7. The molecule has 0 saturated carbocycles. The molecule has 0 N–H and O–H groups in total. The number of carbonyl (C=O) groups is 1. The monoisotopic (exact) mass is 340 g/mol. The molecule has 0 spiro atoms. The highest BCUT2D eigenvalue weighted by molar-refractivity contribution is 5.70. The Balaban J connectivity index is 2.24. The summed E-state index contributed by atoms with van der Waals surface area (Å²) >= 11 is 0. The van der Waals surface area contributed by atoms with Gasteiger partial charge in [0.1, 0.15) is 11.6 Å². The minimum absolute atomic E-state index is 0.517. The van der Waals surface area contributed by atoms with Crippen LogP contribution in [0, 0.1) is 31.9 Å². The van der Waals surface area contributed by atoms with Gasteiger partial charge >= 0.3 is 17.5 Å². The first-order valence-corrected chi connectivity index (χ1v) is 6.05. The Morgan fingerprint density at radius 1 is 0.833 bits per heavy atom. The molecule has 124 valence electrons. The van der Waals surface area contributed by atoms with Gasteiger partial charge in [0.15, 0.2) is 0 Å². The van der Waals surface area contributed by atoms with Crippen LogP contribution in [0.3, 0.4) is 0 Å². The molecule has 0 amide bonds. The number of carbonyl (C=O) groups excluding carboxylic acids is 1. The van der Waals surface area contributed by atoms with Crippen molar-refractivity contribution in [3.05, 3.63) is 68.3 Å². The number of nitro groups is 2. The van der Waals surface area contributed by atoms with Crippen LogP contribution >= 0.6 is 0 Å². The lowest BCUT2D eigenvalue weighted by Gasteiger charge is -2.06. The van der Waals surface area contributed by atoms with Crippen LogP contribution in [0.2, 0.25) is 0 Å². The van der Waals surface area contributed by atoms with Crippen molar-refractivity contribution in [2.45, 2.75) is 0 Å². The standard InChI is InChI=1S/C13H6F2N2O7/c14-7-1-3-11(9(5-7)16(19)20)23-13(18)24-12-4-2-8(15)6-10(12)17(21)22/h1-6H. The summed E-state index contributed by atoms with van der Waals surface area (Å²) in [6.45, 7) is 0. The average Bonchev–Trinajstić information content (AvgIpc) is 2.50. The second kappa shape index (κ2) is 6.64. The maximum absolute atomic E-state index is 13.0. The van der Waals surface area contributed by atoms with Crippen molar-refractivity contribution < 1.29 is 32.9 Å². The normalized spacial score (nSPS) is 10.1. The van der Waals surface area contributed by atoms with Crippen LogP contribution in [0.1, 0.15) is 0 Å². The van der Waals surface area contributed by atoms with E-state index in [0.717, 1.165) is 24.3 Å². The summed E-state index contributed by atoms with van der Waals surface area (Å²) < 4.78 is 35.1. The molecule has 0 aromatic heterocycles. The van der Waals surface area contributed by atoms with Crippen molar-refractivity contribution in [3.8, 4) is 11.5 Å².